The number of aromatic hydroxyl groups is 1. The van der Waals surface area contributed by atoms with Crippen LogP contribution in [0.5, 0.6) is 5.75 Å². The summed E-state index contributed by atoms with van der Waals surface area (Å²) in [4.78, 5) is 2.13. The van der Waals surface area contributed by atoms with Crippen molar-refractivity contribution < 1.29 is 10.2 Å². The molecule has 19 heavy (non-hydrogen) atoms. The standard InChI is InChI=1S/C16H25NO2/c1-12-7-8-14(11-17(2)3)16(19,10-12)13-5-4-6-15(18)9-13/h4-6,9,12,14,18-19H,7-8,10-11H2,1-3H3/t12-,14+,16+/m0/s1. The second-order valence-electron chi connectivity index (χ2n) is 6.32. The van der Waals surface area contributed by atoms with Gasteiger partial charge in [-0.3, -0.25) is 0 Å². The van der Waals surface area contributed by atoms with Gasteiger partial charge in [-0.05, 0) is 50.6 Å². The lowest BCUT2D eigenvalue weighted by atomic mass is 9.68. The Labute approximate surface area is 115 Å². The van der Waals surface area contributed by atoms with E-state index in [4.69, 9.17) is 0 Å². The number of nitrogens with zero attached hydrogens (tertiary/aromatic N) is 1. The molecule has 0 radical (unpaired) electrons. The molecule has 106 valence electrons. The highest BCUT2D eigenvalue weighted by atomic mass is 16.3. The van der Waals surface area contributed by atoms with Crippen LogP contribution in [0.1, 0.15) is 31.7 Å². The molecule has 3 atom stereocenters. The van der Waals surface area contributed by atoms with Gasteiger partial charge in [0.2, 0.25) is 0 Å². The minimum Gasteiger partial charge on any atom is -0.508 e. The summed E-state index contributed by atoms with van der Waals surface area (Å²) in [5, 5.41) is 20.9. The smallest absolute Gasteiger partial charge is 0.115 e. The molecule has 0 aliphatic heterocycles. The molecule has 3 heteroatoms. The van der Waals surface area contributed by atoms with Gasteiger partial charge in [-0.2, -0.15) is 0 Å². The average Bonchev–Trinajstić information content (AvgIpc) is 2.32. The van der Waals surface area contributed by atoms with E-state index in [2.05, 4.69) is 11.8 Å². The minimum atomic E-state index is -0.819. The third kappa shape index (κ3) is 3.10. The highest BCUT2D eigenvalue weighted by molar-refractivity contribution is 5.32. The Hall–Kier alpha value is -1.06. The van der Waals surface area contributed by atoms with Gasteiger partial charge in [0.05, 0.1) is 5.60 Å². The third-order valence-electron chi connectivity index (χ3n) is 4.27. The van der Waals surface area contributed by atoms with Gasteiger partial charge >= 0.3 is 0 Å². The maximum atomic E-state index is 11.2. The van der Waals surface area contributed by atoms with Crippen LogP contribution in [0.3, 0.4) is 0 Å². The Morgan fingerprint density at radius 2 is 2.05 bits per heavy atom. The van der Waals surface area contributed by atoms with Crippen LogP contribution in [-0.4, -0.2) is 35.8 Å². The van der Waals surface area contributed by atoms with Crippen LogP contribution >= 0.6 is 0 Å². The van der Waals surface area contributed by atoms with Crippen molar-refractivity contribution in [3.05, 3.63) is 29.8 Å². The summed E-state index contributed by atoms with van der Waals surface area (Å²) in [6.07, 6.45) is 2.97. The molecule has 0 saturated heterocycles. The van der Waals surface area contributed by atoms with Crippen LogP contribution in [0.2, 0.25) is 0 Å². The molecule has 3 nitrogen and oxygen atoms in total. The van der Waals surface area contributed by atoms with E-state index in [1.165, 1.54) is 6.42 Å². The Morgan fingerprint density at radius 1 is 1.32 bits per heavy atom. The molecule has 1 aromatic rings. The van der Waals surface area contributed by atoms with Crippen LogP contribution in [0, 0.1) is 11.8 Å². The Morgan fingerprint density at radius 3 is 2.68 bits per heavy atom. The fraction of sp³-hybridized carbons (Fsp3) is 0.625. The Bertz CT molecular complexity index is 433. The van der Waals surface area contributed by atoms with Crippen molar-refractivity contribution in [2.75, 3.05) is 20.6 Å². The molecule has 1 aromatic carbocycles. The maximum Gasteiger partial charge on any atom is 0.115 e. The molecule has 0 bridgehead atoms. The lowest BCUT2D eigenvalue weighted by molar-refractivity contribution is -0.0766. The van der Waals surface area contributed by atoms with Gasteiger partial charge in [0.1, 0.15) is 5.75 Å². The molecule has 0 aromatic heterocycles. The summed E-state index contributed by atoms with van der Waals surface area (Å²) in [6.45, 7) is 3.07. The van der Waals surface area contributed by atoms with Gasteiger partial charge in [-0.15, -0.1) is 0 Å². The molecule has 1 aliphatic carbocycles. The van der Waals surface area contributed by atoms with Crippen molar-refractivity contribution in [2.24, 2.45) is 11.8 Å². The van der Waals surface area contributed by atoms with Crippen molar-refractivity contribution in [3.63, 3.8) is 0 Å². The van der Waals surface area contributed by atoms with Gasteiger partial charge in [0, 0.05) is 12.5 Å². The van der Waals surface area contributed by atoms with Gasteiger partial charge in [-0.25, -0.2) is 0 Å². The molecule has 0 heterocycles. The monoisotopic (exact) mass is 263 g/mol. The second kappa shape index (κ2) is 5.51. The summed E-state index contributed by atoms with van der Waals surface area (Å²) in [7, 11) is 4.09. The highest BCUT2D eigenvalue weighted by Crippen LogP contribution is 2.44. The van der Waals surface area contributed by atoms with E-state index < -0.39 is 5.60 Å². The normalized spacial score (nSPS) is 31.6. The average molecular weight is 263 g/mol. The van der Waals surface area contributed by atoms with Crippen LogP contribution in [0.4, 0.5) is 0 Å². The first kappa shape index (κ1) is 14.4. The van der Waals surface area contributed by atoms with Crippen LogP contribution in [0.25, 0.3) is 0 Å². The van der Waals surface area contributed by atoms with E-state index in [1.54, 1.807) is 12.1 Å². The zero-order chi connectivity index (χ0) is 14.0. The fourth-order valence-electron chi connectivity index (χ4n) is 3.34. The molecule has 1 aliphatic rings. The van der Waals surface area contributed by atoms with Crippen LogP contribution in [0.15, 0.2) is 24.3 Å². The molecule has 0 unspecified atom stereocenters. The Kier molecular flexibility index (Phi) is 4.16. The molecule has 0 amide bonds. The van der Waals surface area contributed by atoms with Crippen LogP contribution in [-0.2, 0) is 5.60 Å². The molecule has 2 rings (SSSR count). The number of rotatable bonds is 3. The van der Waals surface area contributed by atoms with E-state index in [0.717, 1.165) is 24.9 Å². The largest absolute Gasteiger partial charge is 0.508 e. The van der Waals surface area contributed by atoms with Gasteiger partial charge in [0.25, 0.3) is 0 Å². The van der Waals surface area contributed by atoms with Gasteiger partial charge in [0.15, 0.2) is 0 Å². The summed E-state index contributed by atoms with van der Waals surface area (Å²) in [5.74, 6) is 0.971. The first-order chi connectivity index (χ1) is 8.91. The van der Waals surface area contributed by atoms with Crippen LogP contribution < -0.4 is 0 Å². The topological polar surface area (TPSA) is 43.7 Å². The summed E-state index contributed by atoms with van der Waals surface area (Å²) in [6, 6.07) is 7.11. The predicted molar refractivity (Wildman–Crippen MR) is 77.1 cm³/mol. The van der Waals surface area contributed by atoms with E-state index in [9.17, 15) is 10.2 Å². The van der Waals surface area contributed by atoms with Crippen molar-refractivity contribution in [1.82, 2.24) is 4.90 Å². The predicted octanol–water partition coefficient (Wildman–Crippen LogP) is 2.58. The lowest BCUT2D eigenvalue weighted by Gasteiger charge is -2.44. The molecule has 2 N–H and O–H groups in total. The zero-order valence-corrected chi connectivity index (χ0v) is 12.1. The number of phenolic OH excluding ortho intramolecular Hbond substituents is 1. The van der Waals surface area contributed by atoms with Crippen molar-refractivity contribution >= 4 is 0 Å². The maximum absolute atomic E-state index is 11.2. The number of hydrogen-bond acceptors (Lipinski definition) is 3. The lowest BCUT2D eigenvalue weighted by Crippen LogP contribution is -2.44. The van der Waals surface area contributed by atoms with Crippen molar-refractivity contribution in [1.29, 1.82) is 0 Å². The van der Waals surface area contributed by atoms with Gasteiger partial charge in [-0.1, -0.05) is 25.5 Å². The summed E-state index contributed by atoms with van der Waals surface area (Å²) in [5.41, 5.74) is 0.0339. The van der Waals surface area contributed by atoms with Crippen molar-refractivity contribution in [2.45, 2.75) is 31.8 Å². The molecule has 0 spiro atoms. The zero-order valence-electron chi connectivity index (χ0n) is 12.1. The molecular formula is C16H25NO2. The first-order valence-electron chi connectivity index (χ1n) is 7.08. The molecule has 1 fully saturated rings. The quantitative estimate of drug-likeness (QED) is 0.881. The van der Waals surface area contributed by atoms with E-state index in [-0.39, 0.29) is 11.7 Å². The third-order valence-corrected chi connectivity index (χ3v) is 4.27. The number of hydrogen-bond donors (Lipinski definition) is 2. The number of aliphatic hydroxyl groups is 1. The molecule has 1 saturated carbocycles. The van der Waals surface area contributed by atoms with E-state index in [0.29, 0.717) is 5.92 Å². The second-order valence-corrected chi connectivity index (χ2v) is 6.32. The highest BCUT2D eigenvalue weighted by Gasteiger charge is 2.42. The molecular weight excluding hydrogens is 238 g/mol. The van der Waals surface area contributed by atoms with E-state index >= 15 is 0 Å². The summed E-state index contributed by atoms with van der Waals surface area (Å²) < 4.78 is 0. The summed E-state index contributed by atoms with van der Waals surface area (Å²) >= 11 is 0. The van der Waals surface area contributed by atoms with E-state index in [1.807, 2.05) is 26.2 Å². The minimum absolute atomic E-state index is 0.223. The number of benzene rings is 1. The van der Waals surface area contributed by atoms with Gasteiger partial charge < -0.3 is 15.1 Å². The first-order valence-corrected chi connectivity index (χ1v) is 7.08. The number of phenols is 1. The van der Waals surface area contributed by atoms with Crippen molar-refractivity contribution in [3.8, 4) is 5.75 Å². The SMILES string of the molecule is C[C@H]1CC[C@H](CN(C)C)[C@](O)(c2cccc(O)c2)C1. The fourth-order valence-corrected chi connectivity index (χ4v) is 3.34. The Balaban J connectivity index is 2.33.